The molecule has 1 unspecified atom stereocenters. The largest absolute Gasteiger partial charge is 0.534 e. The molecule has 2 aromatic rings. The van der Waals surface area contributed by atoms with Crippen molar-refractivity contribution in [2.45, 2.75) is 24.9 Å². The molecule has 0 amide bonds. The Bertz CT molecular complexity index is 995. The number of pyridine rings is 1. The number of halogens is 4. The third kappa shape index (κ3) is 3.84. The second-order valence-corrected chi connectivity index (χ2v) is 7.71. The minimum absolute atomic E-state index is 0.281. The molecule has 6 nitrogen and oxygen atoms in total. The summed E-state index contributed by atoms with van der Waals surface area (Å²) in [6.07, 6.45) is 1.65. The van der Waals surface area contributed by atoms with Crippen molar-refractivity contribution in [3.63, 3.8) is 0 Å². The first-order valence-corrected chi connectivity index (χ1v) is 9.53. The van der Waals surface area contributed by atoms with Crippen molar-refractivity contribution in [3.05, 3.63) is 47.4 Å². The van der Waals surface area contributed by atoms with E-state index in [1.807, 2.05) is 11.8 Å². The molecule has 0 N–H and O–H groups in total. The molecule has 0 aliphatic carbocycles. The number of methoxy groups -OCH3 is 1. The highest BCUT2D eigenvalue weighted by molar-refractivity contribution is 7.87. The molecule has 3 rings (SSSR count). The molecule has 28 heavy (non-hydrogen) atoms. The maximum atomic E-state index is 13.8. The van der Waals surface area contributed by atoms with Crippen LogP contribution in [0.25, 0.3) is 0 Å². The minimum Gasteiger partial charge on any atom is -0.497 e. The summed E-state index contributed by atoms with van der Waals surface area (Å²) >= 11 is 0. The number of rotatable bonds is 4. The van der Waals surface area contributed by atoms with Gasteiger partial charge in [0, 0.05) is 36.6 Å². The van der Waals surface area contributed by atoms with Crippen LogP contribution >= 0.6 is 0 Å². The van der Waals surface area contributed by atoms with E-state index in [1.165, 1.54) is 31.5 Å². The van der Waals surface area contributed by atoms with Crippen LogP contribution in [0.15, 0.2) is 30.5 Å². The van der Waals surface area contributed by atoms with Crippen LogP contribution in [0.1, 0.15) is 24.1 Å². The van der Waals surface area contributed by atoms with Crippen molar-refractivity contribution in [2.24, 2.45) is 0 Å². The molecule has 11 heteroatoms. The third-order valence-corrected chi connectivity index (χ3v) is 5.40. The van der Waals surface area contributed by atoms with Crippen LogP contribution in [0, 0.1) is 5.82 Å². The number of hydrogen-bond acceptors (Lipinski definition) is 6. The van der Waals surface area contributed by atoms with Gasteiger partial charge in [-0.1, -0.05) is 0 Å². The van der Waals surface area contributed by atoms with Crippen LogP contribution < -0.4 is 13.8 Å². The fraction of sp³-hybridized carbons (Fsp3) is 0.353. The van der Waals surface area contributed by atoms with E-state index >= 15 is 0 Å². The van der Waals surface area contributed by atoms with Crippen molar-refractivity contribution >= 4 is 15.8 Å². The van der Waals surface area contributed by atoms with E-state index in [9.17, 15) is 26.0 Å². The Kier molecular flexibility index (Phi) is 5.13. The van der Waals surface area contributed by atoms with Gasteiger partial charge >= 0.3 is 15.6 Å². The Balaban J connectivity index is 1.88. The van der Waals surface area contributed by atoms with Crippen molar-refractivity contribution in [1.29, 1.82) is 0 Å². The van der Waals surface area contributed by atoms with Crippen LogP contribution in [0.4, 0.5) is 23.2 Å². The lowest BCUT2D eigenvalue weighted by Gasteiger charge is -2.37. The molecule has 1 aromatic carbocycles. The summed E-state index contributed by atoms with van der Waals surface area (Å²) in [6, 6.07) is 5.17. The number of anilines is 1. The summed E-state index contributed by atoms with van der Waals surface area (Å²) < 4.78 is 82.6. The van der Waals surface area contributed by atoms with Crippen molar-refractivity contribution in [1.82, 2.24) is 4.98 Å². The monoisotopic (exact) mass is 420 g/mol. The van der Waals surface area contributed by atoms with Gasteiger partial charge in [-0.15, -0.1) is 0 Å². The SMILES string of the molecule is COc1cc(F)cc(N2CCc3cc(OS(=O)(=O)C(F)(F)F)ncc3C2C)c1. The van der Waals surface area contributed by atoms with Crippen molar-refractivity contribution in [3.8, 4) is 11.6 Å². The average Bonchev–Trinajstić information content (AvgIpc) is 2.60. The quantitative estimate of drug-likeness (QED) is 0.428. The van der Waals surface area contributed by atoms with Crippen LogP contribution in [0.2, 0.25) is 0 Å². The number of aromatic nitrogens is 1. The molecular formula is C17H16F4N2O4S. The smallest absolute Gasteiger partial charge is 0.497 e. The molecule has 0 fully saturated rings. The molecule has 0 radical (unpaired) electrons. The van der Waals surface area contributed by atoms with Gasteiger partial charge in [0.05, 0.1) is 13.2 Å². The Morgan fingerprint density at radius 2 is 1.93 bits per heavy atom. The van der Waals surface area contributed by atoms with Gasteiger partial charge in [0.15, 0.2) is 0 Å². The Labute approximate surface area is 158 Å². The Morgan fingerprint density at radius 1 is 1.21 bits per heavy atom. The van der Waals surface area contributed by atoms with E-state index in [0.29, 0.717) is 35.5 Å². The van der Waals surface area contributed by atoms with E-state index in [1.54, 1.807) is 6.07 Å². The molecule has 1 atom stereocenters. The van der Waals surface area contributed by atoms with E-state index in [4.69, 9.17) is 4.74 Å². The molecule has 0 spiro atoms. The van der Waals surface area contributed by atoms with Gasteiger partial charge in [-0.05, 0) is 30.5 Å². The predicted octanol–water partition coefficient (Wildman–Crippen LogP) is 3.58. The number of benzene rings is 1. The first-order chi connectivity index (χ1) is 13.0. The highest BCUT2D eigenvalue weighted by Gasteiger charge is 2.49. The third-order valence-electron chi connectivity index (χ3n) is 4.44. The van der Waals surface area contributed by atoms with Gasteiger partial charge < -0.3 is 13.8 Å². The second kappa shape index (κ2) is 7.12. The first kappa shape index (κ1) is 20.2. The lowest BCUT2D eigenvalue weighted by molar-refractivity contribution is -0.0501. The summed E-state index contributed by atoms with van der Waals surface area (Å²) in [6.45, 7) is 2.25. The normalized spacial score (nSPS) is 17.2. The predicted molar refractivity (Wildman–Crippen MR) is 92.3 cm³/mol. The molecule has 0 saturated carbocycles. The van der Waals surface area contributed by atoms with Gasteiger partial charge in [0.25, 0.3) is 0 Å². The van der Waals surface area contributed by atoms with Gasteiger partial charge in [-0.2, -0.15) is 21.6 Å². The Hall–Kier alpha value is -2.56. The number of hydrogen-bond donors (Lipinski definition) is 0. The molecular weight excluding hydrogens is 404 g/mol. The lowest BCUT2D eigenvalue weighted by atomic mass is 9.95. The van der Waals surface area contributed by atoms with E-state index in [2.05, 4.69) is 9.17 Å². The zero-order chi connectivity index (χ0) is 20.7. The minimum atomic E-state index is -5.79. The van der Waals surface area contributed by atoms with Gasteiger partial charge in [-0.25, -0.2) is 9.37 Å². The van der Waals surface area contributed by atoms with E-state index in [-0.39, 0.29) is 6.04 Å². The fourth-order valence-electron chi connectivity index (χ4n) is 3.07. The summed E-state index contributed by atoms with van der Waals surface area (Å²) in [5.41, 5.74) is -3.68. The van der Waals surface area contributed by atoms with E-state index < -0.39 is 27.3 Å². The number of alkyl halides is 3. The highest BCUT2D eigenvalue weighted by Crippen LogP contribution is 2.36. The fourth-order valence-corrected chi connectivity index (χ4v) is 3.48. The molecule has 0 saturated heterocycles. The number of ether oxygens (including phenoxy) is 1. The Morgan fingerprint density at radius 3 is 2.57 bits per heavy atom. The lowest BCUT2D eigenvalue weighted by Crippen LogP contribution is -2.34. The maximum Gasteiger partial charge on any atom is 0.534 e. The summed E-state index contributed by atoms with van der Waals surface area (Å²) in [5.74, 6) is -0.761. The van der Waals surface area contributed by atoms with E-state index in [0.717, 1.165) is 0 Å². The zero-order valence-corrected chi connectivity index (χ0v) is 15.6. The van der Waals surface area contributed by atoms with Crippen LogP contribution in [0.3, 0.4) is 0 Å². The molecule has 1 aliphatic heterocycles. The van der Waals surface area contributed by atoms with Crippen molar-refractivity contribution in [2.75, 3.05) is 18.6 Å². The number of nitrogens with zero attached hydrogens (tertiary/aromatic N) is 2. The van der Waals surface area contributed by atoms with Gasteiger partial charge in [0.1, 0.15) is 11.6 Å². The summed E-state index contributed by atoms with van der Waals surface area (Å²) in [5, 5.41) is 0. The molecule has 1 aliphatic rings. The topological polar surface area (TPSA) is 68.7 Å². The van der Waals surface area contributed by atoms with Crippen LogP contribution in [0.5, 0.6) is 11.6 Å². The first-order valence-electron chi connectivity index (χ1n) is 8.12. The van der Waals surface area contributed by atoms with Gasteiger partial charge in [-0.3, -0.25) is 0 Å². The summed E-state index contributed by atoms with van der Waals surface area (Å²) in [7, 11) is -4.36. The van der Waals surface area contributed by atoms with Crippen LogP contribution in [-0.4, -0.2) is 32.6 Å². The molecule has 0 bridgehead atoms. The zero-order valence-electron chi connectivity index (χ0n) is 14.8. The van der Waals surface area contributed by atoms with Crippen LogP contribution in [-0.2, 0) is 16.5 Å². The number of fused-ring (bicyclic) bond motifs is 1. The maximum absolute atomic E-state index is 13.8. The molecule has 2 heterocycles. The molecule has 1 aromatic heterocycles. The van der Waals surface area contributed by atoms with Gasteiger partial charge in [0.2, 0.25) is 5.88 Å². The highest BCUT2D eigenvalue weighted by atomic mass is 32.2. The average molecular weight is 420 g/mol. The standard InChI is InChI=1S/C17H16F4N2O4S/c1-10-15-9-22-16(27-28(24,25)17(19,20)21)5-11(15)3-4-23(10)13-6-12(18)7-14(8-13)26-2/h5-10H,3-4H2,1-2H3. The molecule has 152 valence electrons. The summed E-state index contributed by atoms with van der Waals surface area (Å²) in [4.78, 5) is 5.59. The van der Waals surface area contributed by atoms with Crippen molar-refractivity contribution < 1.29 is 34.9 Å². The second-order valence-electron chi connectivity index (χ2n) is 6.17.